The summed E-state index contributed by atoms with van der Waals surface area (Å²) in [6.45, 7) is 6.79. The molecule has 0 bridgehead atoms. The van der Waals surface area contributed by atoms with Gasteiger partial charge in [-0.3, -0.25) is 14.4 Å². The minimum Gasteiger partial charge on any atom is -0.465 e. The zero-order valence-corrected chi connectivity index (χ0v) is 19.9. The first kappa shape index (κ1) is 24.0. The Balaban J connectivity index is 1.83. The molecule has 2 amide bonds. The van der Waals surface area contributed by atoms with Crippen LogP contribution in [0.4, 0.5) is 0 Å². The van der Waals surface area contributed by atoms with Gasteiger partial charge in [0, 0.05) is 13.1 Å². The summed E-state index contributed by atoms with van der Waals surface area (Å²) in [4.78, 5) is 44.4. The third-order valence-corrected chi connectivity index (χ3v) is 7.65. The van der Waals surface area contributed by atoms with Crippen molar-refractivity contribution < 1.29 is 29.0 Å². The van der Waals surface area contributed by atoms with E-state index >= 15 is 0 Å². The lowest BCUT2D eigenvalue weighted by Crippen LogP contribution is -2.58. The molecule has 33 heavy (non-hydrogen) atoms. The zero-order valence-electron chi connectivity index (χ0n) is 19.9. The van der Waals surface area contributed by atoms with Gasteiger partial charge >= 0.3 is 5.97 Å². The molecule has 0 aromatic carbocycles. The molecule has 4 heterocycles. The van der Waals surface area contributed by atoms with E-state index in [4.69, 9.17) is 9.47 Å². The van der Waals surface area contributed by atoms with Crippen LogP contribution >= 0.6 is 0 Å². The maximum Gasteiger partial charge on any atom is 0.313 e. The molecular weight excluding hydrogens is 424 g/mol. The van der Waals surface area contributed by atoms with E-state index in [0.717, 1.165) is 19.3 Å². The number of hydrogen-bond acceptors (Lipinski definition) is 6. The van der Waals surface area contributed by atoms with E-state index in [2.05, 4.69) is 6.92 Å². The summed E-state index contributed by atoms with van der Waals surface area (Å²) in [5.74, 6) is -2.74. The van der Waals surface area contributed by atoms with E-state index in [1.54, 1.807) is 11.8 Å². The molecule has 0 aliphatic carbocycles. The zero-order chi connectivity index (χ0) is 23.8. The van der Waals surface area contributed by atoms with Crippen molar-refractivity contribution in [2.45, 2.75) is 76.2 Å². The van der Waals surface area contributed by atoms with Crippen molar-refractivity contribution in [3.63, 3.8) is 0 Å². The molecule has 2 saturated heterocycles. The van der Waals surface area contributed by atoms with Gasteiger partial charge in [-0.05, 0) is 26.2 Å². The van der Waals surface area contributed by atoms with Gasteiger partial charge in [0.05, 0.1) is 30.8 Å². The first-order valence-corrected chi connectivity index (χ1v) is 12.3. The summed E-state index contributed by atoms with van der Waals surface area (Å²) in [7, 11) is 0. The van der Waals surface area contributed by atoms with Crippen molar-refractivity contribution in [1.82, 2.24) is 9.80 Å². The molecule has 4 rings (SSSR count). The van der Waals surface area contributed by atoms with Crippen molar-refractivity contribution in [3.05, 3.63) is 24.3 Å². The van der Waals surface area contributed by atoms with Gasteiger partial charge in [-0.25, -0.2) is 0 Å². The highest BCUT2D eigenvalue weighted by molar-refractivity contribution is 5.99. The number of cyclic esters (lactones) is 1. The Labute approximate surface area is 195 Å². The van der Waals surface area contributed by atoms with Gasteiger partial charge in [-0.15, -0.1) is 0 Å². The van der Waals surface area contributed by atoms with Crippen LogP contribution in [0.3, 0.4) is 0 Å². The van der Waals surface area contributed by atoms with Crippen LogP contribution < -0.4 is 0 Å². The van der Waals surface area contributed by atoms with Gasteiger partial charge in [0.15, 0.2) is 0 Å². The Bertz CT molecular complexity index is 852. The fourth-order valence-corrected chi connectivity index (χ4v) is 6.03. The number of likely N-dealkylation sites (tertiary alicyclic amines) is 1. The first-order valence-electron chi connectivity index (χ1n) is 12.3. The number of nitrogens with zero attached hydrogens (tertiary/aromatic N) is 2. The topological polar surface area (TPSA) is 96.4 Å². The number of amides is 2. The number of carbonyl (C=O) groups is 3. The predicted molar refractivity (Wildman–Crippen MR) is 121 cm³/mol. The summed E-state index contributed by atoms with van der Waals surface area (Å²) in [5.41, 5.74) is -2.35. The maximum atomic E-state index is 14.0. The summed E-state index contributed by atoms with van der Waals surface area (Å²) in [5, 5.41) is 10.1. The van der Waals surface area contributed by atoms with Gasteiger partial charge in [0.1, 0.15) is 17.6 Å². The van der Waals surface area contributed by atoms with E-state index in [0.29, 0.717) is 25.9 Å². The Hall–Kier alpha value is -2.19. The SMILES string of the molecule is CCCCCN1CC=C[C@]23O[C@@]4(C)C=CCCOC(=O)[C@H]4[C@H]2C(=O)N([C@@H](CC)CO)C3C1=O. The number of esters is 1. The Morgan fingerprint density at radius 3 is 2.61 bits per heavy atom. The number of ether oxygens (including phenoxy) is 2. The molecule has 2 fully saturated rings. The van der Waals surface area contributed by atoms with Crippen LogP contribution in [0.1, 0.15) is 52.9 Å². The molecule has 8 nitrogen and oxygen atoms in total. The van der Waals surface area contributed by atoms with Gasteiger partial charge in [-0.1, -0.05) is 51.0 Å². The lowest BCUT2D eigenvalue weighted by atomic mass is 9.74. The molecule has 1 spiro atoms. The standard InChI is InChI=1S/C25H36N2O6/c1-4-6-8-13-26-14-10-12-25-18(19-23(31)32-15-9-7-11-24(19,3)33-25)21(29)27(17(5-2)16-28)20(25)22(26)30/h7,10-12,17-20,28H,4-6,8-9,13-16H2,1-3H3/t17-,18-,19+,20?,24-,25-/m0/s1. The van der Waals surface area contributed by atoms with Crippen LogP contribution in [0.25, 0.3) is 0 Å². The number of aliphatic hydroxyl groups excluding tert-OH is 1. The third kappa shape index (κ3) is 3.71. The normalized spacial score (nSPS) is 36.6. The third-order valence-electron chi connectivity index (χ3n) is 7.65. The minimum atomic E-state index is -1.29. The molecule has 8 heteroatoms. The van der Waals surface area contributed by atoms with Crippen LogP contribution in [-0.2, 0) is 23.9 Å². The largest absolute Gasteiger partial charge is 0.465 e. The van der Waals surface area contributed by atoms with Crippen LogP contribution in [-0.4, -0.2) is 82.3 Å². The number of carbonyl (C=O) groups excluding carboxylic acids is 3. The molecule has 0 aromatic heterocycles. The number of fused-ring (bicyclic) bond motifs is 2. The molecule has 0 saturated carbocycles. The number of rotatable bonds is 7. The van der Waals surface area contributed by atoms with Crippen LogP contribution in [0.5, 0.6) is 0 Å². The Kier molecular flexibility index (Phi) is 6.69. The van der Waals surface area contributed by atoms with Crippen LogP contribution in [0.2, 0.25) is 0 Å². The molecule has 1 N–H and O–H groups in total. The van der Waals surface area contributed by atoms with E-state index in [1.165, 1.54) is 4.90 Å². The summed E-state index contributed by atoms with van der Waals surface area (Å²) < 4.78 is 12.2. The smallest absolute Gasteiger partial charge is 0.313 e. The maximum absolute atomic E-state index is 14.0. The molecule has 1 unspecified atom stereocenters. The average molecular weight is 461 g/mol. The van der Waals surface area contributed by atoms with Crippen molar-refractivity contribution in [2.24, 2.45) is 11.8 Å². The van der Waals surface area contributed by atoms with E-state index in [1.807, 2.05) is 31.2 Å². The molecule has 0 aromatic rings. The summed E-state index contributed by atoms with van der Waals surface area (Å²) in [6.07, 6.45) is 11.5. The molecule has 0 radical (unpaired) electrons. The molecular formula is C25H36N2O6. The second-order valence-corrected chi connectivity index (χ2v) is 9.74. The van der Waals surface area contributed by atoms with Gasteiger partial charge < -0.3 is 24.4 Å². The number of unbranched alkanes of at least 4 members (excludes halogenated alkanes) is 2. The molecule has 4 aliphatic rings. The van der Waals surface area contributed by atoms with E-state index in [9.17, 15) is 19.5 Å². The highest BCUT2D eigenvalue weighted by Gasteiger charge is 2.75. The van der Waals surface area contributed by atoms with Crippen LogP contribution in [0.15, 0.2) is 24.3 Å². The van der Waals surface area contributed by atoms with Gasteiger partial charge in [0.25, 0.3) is 0 Å². The minimum absolute atomic E-state index is 0.186. The Morgan fingerprint density at radius 2 is 1.91 bits per heavy atom. The first-order chi connectivity index (χ1) is 15.8. The highest BCUT2D eigenvalue weighted by atomic mass is 16.6. The Morgan fingerprint density at radius 1 is 1.12 bits per heavy atom. The summed E-state index contributed by atoms with van der Waals surface area (Å²) >= 11 is 0. The molecule has 182 valence electrons. The number of aliphatic hydroxyl groups is 1. The van der Waals surface area contributed by atoms with Gasteiger partial charge in [-0.2, -0.15) is 0 Å². The fourth-order valence-electron chi connectivity index (χ4n) is 6.03. The number of hydrogen-bond donors (Lipinski definition) is 1. The summed E-state index contributed by atoms with van der Waals surface area (Å²) in [6, 6.07) is -1.47. The van der Waals surface area contributed by atoms with Crippen LogP contribution in [0, 0.1) is 11.8 Å². The molecule has 6 atom stereocenters. The lowest BCUT2D eigenvalue weighted by molar-refractivity contribution is -0.162. The predicted octanol–water partition coefficient (Wildman–Crippen LogP) is 1.82. The fraction of sp³-hybridized carbons (Fsp3) is 0.720. The van der Waals surface area contributed by atoms with Crippen molar-refractivity contribution in [3.8, 4) is 0 Å². The highest BCUT2D eigenvalue weighted by Crippen LogP contribution is 2.57. The average Bonchev–Trinajstić information content (AvgIpc) is 3.11. The van der Waals surface area contributed by atoms with E-state index < -0.39 is 41.1 Å². The van der Waals surface area contributed by atoms with Gasteiger partial charge in [0.2, 0.25) is 11.8 Å². The second kappa shape index (κ2) is 9.22. The van der Waals surface area contributed by atoms with Crippen molar-refractivity contribution in [1.29, 1.82) is 0 Å². The molecule has 4 aliphatic heterocycles. The van der Waals surface area contributed by atoms with Crippen molar-refractivity contribution in [2.75, 3.05) is 26.3 Å². The monoisotopic (exact) mass is 460 g/mol. The van der Waals surface area contributed by atoms with E-state index in [-0.39, 0.29) is 25.0 Å². The quantitative estimate of drug-likeness (QED) is 0.354. The lowest BCUT2D eigenvalue weighted by Gasteiger charge is -2.40. The second-order valence-electron chi connectivity index (χ2n) is 9.74. The van der Waals surface area contributed by atoms with Crippen molar-refractivity contribution >= 4 is 17.8 Å².